The Morgan fingerprint density at radius 2 is 1.38 bits per heavy atom. The minimum absolute atomic E-state index is 0.651. The quantitative estimate of drug-likeness (QED) is 0.604. The first kappa shape index (κ1) is 8.10. The Morgan fingerprint density at radius 3 is 1.69 bits per heavy atom. The van der Waals surface area contributed by atoms with E-state index >= 15 is 0 Å². The zero-order chi connectivity index (χ0) is 9.26. The zero-order valence-corrected chi connectivity index (χ0v) is 7.80. The van der Waals surface area contributed by atoms with Gasteiger partial charge in [0.15, 0.2) is 0 Å². The number of hydrogen-bond acceptors (Lipinski definition) is 7. The summed E-state index contributed by atoms with van der Waals surface area (Å²) in [6.45, 7) is 0. The Hall–Kier alpha value is -1.51. The smallest absolute Gasteiger partial charge is 0.216 e. The normalized spacial score (nSPS) is 10.6. The molecule has 0 N–H and O–H groups in total. The minimum atomic E-state index is 0.651. The summed E-state index contributed by atoms with van der Waals surface area (Å²) < 4.78 is 3.11. The second kappa shape index (κ2) is 3.09. The predicted octanol–water partition coefficient (Wildman–Crippen LogP) is -1.12. The minimum Gasteiger partial charge on any atom is -0.223 e. The molecule has 8 nitrogen and oxygen atoms in total. The van der Waals surface area contributed by atoms with Crippen LogP contribution in [0.2, 0.25) is 0 Å². The first-order chi connectivity index (χ1) is 6.27. The molecule has 0 fully saturated rings. The molecule has 0 aromatic carbocycles. The van der Waals surface area contributed by atoms with E-state index in [2.05, 4.69) is 31.1 Å². The average molecular weight is 198 g/mol. The van der Waals surface area contributed by atoms with E-state index in [9.17, 15) is 0 Å². The highest BCUT2D eigenvalue weighted by atomic mass is 32.2. The van der Waals surface area contributed by atoms with Crippen LogP contribution in [-0.2, 0) is 14.1 Å². The van der Waals surface area contributed by atoms with Crippen molar-refractivity contribution in [3.05, 3.63) is 0 Å². The first-order valence-electron chi connectivity index (χ1n) is 3.40. The second-order valence-corrected chi connectivity index (χ2v) is 3.21. The fourth-order valence-electron chi connectivity index (χ4n) is 0.697. The number of aryl methyl sites for hydroxylation is 2. The Morgan fingerprint density at radius 1 is 0.923 bits per heavy atom. The third-order valence-corrected chi connectivity index (χ3v) is 2.40. The van der Waals surface area contributed by atoms with Crippen LogP contribution in [0, 0.1) is 0 Å². The van der Waals surface area contributed by atoms with E-state index in [-0.39, 0.29) is 0 Å². The van der Waals surface area contributed by atoms with Crippen molar-refractivity contribution >= 4 is 11.8 Å². The maximum atomic E-state index is 3.79. The molecule has 2 heterocycles. The largest absolute Gasteiger partial charge is 0.223 e. The summed E-state index contributed by atoms with van der Waals surface area (Å²) in [5.41, 5.74) is 0. The molecular formula is C4H6N8S. The summed E-state index contributed by atoms with van der Waals surface area (Å²) in [7, 11) is 3.51. The molecule has 0 unspecified atom stereocenters. The van der Waals surface area contributed by atoms with Crippen molar-refractivity contribution < 1.29 is 0 Å². The van der Waals surface area contributed by atoms with Crippen molar-refractivity contribution in [1.29, 1.82) is 0 Å². The van der Waals surface area contributed by atoms with Gasteiger partial charge in [-0.2, -0.15) is 0 Å². The van der Waals surface area contributed by atoms with Crippen LogP contribution >= 0.6 is 11.8 Å². The molecule has 0 saturated heterocycles. The van der Waals surface area contributed by atoms with Crippen LogP contribution in [0.15, 0.2) is 10.3 Å². The second-order valence-electron chi connectivity index (χ2n) is 2.27. The molecule has 68 valence electrons. The monoisotopic (exact) mass is 198 g/mol. The van der Waals surface area contributed by atoms with E-state index in [1.54, 1.807) is 23.5 Å². The number of aromatic nitrogens is 8. The summed E-state index contributed by atoms with van der Waals surface area (Å²) in [5, 5.41) is 23.2. The van der Waals surface area contributed by atoms with Crippen molar-refractivity contribution in [2.24, 2.45) is 14.1 Å². The zero-order valence-electron chi connectivity index (χ0n) is 6.99. The maximum absolute atomic E-state index is 3.79. The van der Waals surface area contributed by atoms with Gasteiger partial charge in [-0.1, -0.05) is 0 Å². The molecule has 0 bridgehead atoms. The van der Waals surface area contributed by atoms with Gasteiger partial charge in [0.05, 0.1) is 0 Å². The highest BCUT2D eigenvalue weighted by molar-refractivity contribution is 7.99. The van der Waals surface area contributed by atoms with Gasteiger partial charge in [0.25, 0.3) is 0 Å². The summed E-state index contributed by atoms with van der Waals surface area (Å²) in [6.07, 6.45) is 0. The van der Waals surface area contributed by atoms with Crippen molar-refractivity contribution in [2.45, 2.75) is 10.3 Å². The van der Waals surface area contributed by atoms with Crippen molar-refractivity contribution in [2.75, 3.05) is 0 Å². The van der Waals surface area contributed by atoms with E-state index < -0.39 is 0 Å². The van der Waals surface area contributed by atoms with Crippen LogP contribution in [0.1, 0.15) is 0 Å². The summed E-state index contributed by atoms with van der Waals surface area (Å²) in [6, 6.07) is 0. The lowest BCUT2D eigenvalue weighted by molar-refractivity contribution is 0.650. The Kier molecular flexibility index (Phi) is 1.93. The number of nitrogens with zero attached hydrogens (tertiary/aromatic N) is 8. The van der Waals surface area contributed by atoms with E-state index in [1.807, 2.05) is 0 Å². The molecule has 0 aliphatic heterocycles. The summed E-state index contributed by atoms with van der Waals surface area (Å²) >= 11 is 1.31. The molecule has 0 saturated carbocycles. The third kappa shape index (κ3) is 1.49. The van der Waals surface area contributed by atoms with E-state index in [0.29, 0.717) is 10.3 Å². The molecule has 13 heavy (non-hydrogen) atoms. The lowest BCUT2D eigenvalue weighted by Crippen LogP contribution is -1.96. The van der Waals surface area contributed by atoms with Gasteiger partial charge in [-0.25, -0.2) is 9.36 Å². The maximum Gasteiger partial charge on any atom is 0.216 e. The van der Waals surface area contributed by atoms with Crippen molar-refractivity contribution in [3.63, 3.8) is 0 Å². The van der Waals surface area contributed by atoms with Crippen LogP contribution < -0.4 is 0 Å². The molecular weight excluding hydrogens is 192 g/mol. The highest BCUT2D eigenvalue weighted by Gasteiger charge is 2.09. The number of hydrogen-bond donors (Lipinski definition) is 0. The van der Waals surface area contributed by atoms with Crippen LogP contribution in [0.25, 0.3) is 0 Å². The highest BCUT2D eigenvalue weighted by Crippen LogP contribution is 2.20. The molecule has 2 rings (SSSR count). The topological polar surface area (TPSA) is 87.2 Å². The molecule has 0 amide bonds. The summed E-state index contributed by atoms with van der Waals surface area (Å²) in [4.78, 5) is 0. The first-order valence-corrected chi connectivity index (χ1v) is 4.21. The Bertz CT molecular complexity index is 365. The van der Waals surface area contributed by atoms with Gasteiger partial charge < -0.3 is 0 Å². The predicted molar refractivity (Wildman–Crippen MR) is 41.7 cm³/mol. The molecule has 0 aliphatic carbocycles. The van der Waals surface area contributed by atoms with Crippen molar-refractivity contribution in [1.82, 2.24) is 40.4 Å². The number of rotatable bonds is 2. The van der Waals surface area contributed by atoms with Gasteiger partial charge in [-0.15, -0.1) is 10.2 Å². The SMILES string of the molecule is Cn1nnnc1Sc1nnnn1C. The molecule has 2 aromatic heterocycles. The van der Waals surface area contributed by atoms with Gasteiger partial charge in [0.2, 0.25) is 10.3 Å². The average Bonchev–Trinajstić information content (AvgIpc) is 2.65. The third-order valence-electron chi connectivity index (χ3n) is 1.35. The van der Waals surface area contributed by atoms with Gasteiger partial charge in [0, 0.05) is 14.1 Å². The van der Waals surface area contributed by atoms with E-state index in [4.69, 9.17) is 0 Å². The lowest BCUT2D eigenvalue weighted by Gasteiger charge is -1.94. The standard InChI is InChI=1S/C4H6N8S/c1-11-3(5-7-9-11)13-4-6-8-10-12(4)2/h1-2H3. The van der Waals surface area contributed by atoms with Crippen LogP contribution in [0.3, 0.4) is 0 Å². The fraction of sp³-hybridized carbons (Fsp3) is 0.500. The van der Waals surface area contributed by atoms with Gasteiger partial charge >= 0.3 is 0 Å². The Labute approximate surface area is 77.3 Å². The fourth-order valence-corrected chi connectivity index (χ4v) is 1.35. The van der Waals surface area contributed by atoms with Gasteiger partial charge in [-0.05, 0) is 32.6 Å². The van der Waals surface area contributed by atoms with Crippen molar-refractivity contribution in [3.8, 4) is 0 Å². The molecule has 0 radical (unpaired) electrons. The summed E-state index contributed by atoms with van der Waals surface area (Å²) in [5.74, 6) is 0. The van der Waals surface area contributed by atoms with Crippen LogP contribution in [0.4, 0.5) is 0 Å². The number of tetrazole rings is 2. The Balaban J connectivity index is 2.24. The molecule has 9 heteroatoms. The van der Waals surface area contributed by atoms with Crippen LogP contribution in [-0.4, -0.2) is 40.4 Å². The molecule has 0 atom stereocenters. The van der Waals surface area contributed by atoms with Crippen LogP contribution in [0.5, 0.6) is 0 Å². The van der Waals surface area contributed by atoms with Gasteiger partial charge in [0.1, 0.15) is 0 Å². The molecule has 0 spiro atoms. The van der Waals surface area contributed by atoms with E-state index in [1.165, 1.54) is 11.8 Å². The molecule has 2 aromatic rings. The van der Waals surface area contributed by atoms with Gasteiger partial charge in [-0.3, -0.25) is 0 Å². The van der Waals surface area contributed by atoms with E-state index in [0.717, 1.165) is 0 Å². The lowest BCUT2D eigenvalue weighted by atomic mass is 11.2. The molecule has 0 aliphatic rings.